The zero-order valence-electron chi connectivity index (χ0n) is 13.6. The van der Waals surface area contributed by atoms with E-state index in [0.29, 0.717) is 17.5 Å². The minimum atomic E-state index is -0.300. The van der Waals surface area contributed by atoms with Crippen LogP contribution in [0.5, 0.6) is 5.88 Å². The van der Waals surface area contributed by atoms with Crippen LogP contribution in [0.3, 0.4) is 0 Å². The van der Waals surface area contributed by atoms with Gasteiger partial charge in [-0.15, -0.1) is 0 Å². The fourth-order valence-corrected chi connectivity index (χ4v) is 2.61. The Kier molecular flexibility index (Phi) is 4.93. The second-order valence-corrected chi connectivity index (χ2v) is 6.96. The number of nitrogen functional groups attached to an aromatic ring is 1. The third kappa shape index (κ3) is 5.08. The number of hydrogen-bond donors (Lipinski definition) is 2. The molecule has 1 atom stereocenters. The standard InChI is InChI=1S/C16H28N4O/c1-16(2,3)21-15-13(17)7-8-14(19-15)18-10-12-6-5-9-20(4)11-12/h7-8,12H,5-6,9-11,17H2,1-4H3,(H,18,19). The fourth-order valence-electron chi connectivity index (χ4n) is 2.61. The lowest BCUT2D eigenvalue weighted by molar-refractivity contribution is 0.125. The van der Waals surface area contributed by atoms with Gasteiger partial charge in [0.25, 0.3) is 0 Å². The molecule has 5 nitrogen and oxygen atoms in total. The van der Waals surface area contributed by atoms with Gasteiger partial charge in [0.15, 0.2) is 0 Å². The van der Waals surface area contributed by atoms with E-state index < -0.39 is 0 Å². The molecule has 1 aromatic heterocycles. The monoisotopic (exact) mass is 292 g/mol. The third-order valence-corrected chi connectivity index (χ3v) is 3.59. The van der Waals surface area contributed by atoms with Crippen LogP contribution < -0.4 is 15.8 Å². The second kappa shape index (κ2) is 6.52. The quantitative estimate of drug-likeness (QED) is 0.893. The summed E-state index contributed by atoms with van der Waals surface area (Å²) in [4.78, 5) is 6.88. The summed E-state index contributed by atoms with van der Waals surface area (Å²) in [6, 6.07) is 3.76. The van der Waals surface area contributed by atoms with Gasteiger partial charge in [-0.1, -0.05) is 0 Å². The average Bonchev–Trinajstić information content (AvgIpc) is 2.38. The zero-order valence-corrected chi connectivity index (χ0v) is 13.6. The highest BCUT2D eigenvalue weighted by molar-refractivity contribution is 5.53. The average molecular weight is 292 g/mol. The number of hydrogen-bond acceptors (Lipinski definition) is 5. The van der Waals surface area contributed by atoms with E-state index in [0.717, 1.165) is 18.9 Å². The maximum Gasteiger partial charge on any atom is 0.239 e. The van der Waals surface area contributed by atoms with Crippen LogP contribution >= 0.6 is 0 Å². The van der Waals surface area contributed by atoms with E-state index in [1.54, 1.807) is 0 Å². The molecule has 1 saturated heterocycles. The summed E-state index contributed by atoms with van der Waals surface area (Å²) in [6.07, 6.45) is 2.55. The molecule has 5 heteroatoms. The van der Waals surface area contributed by atoms with Crippen molar-refractivity contribution < 1.29 is 4.74 Å². The van der Waals surface area contributed by atoms with Gasteiger partial charge in [0.05, 0.1) is 5.69 Å². The maximum atomic E-state index is 5.93. The first kappa shape index (κ1) is 15.9. The van der Waals surface area contributed by atoms with Crippen molar-refractivity contribution in [2.75, 3.05) is 37.7 Å². The van der Waals surface area contributed by atoms with Gasteiger partial charge in [-0.25, -0.2) is 0 Å². The van der Waals surface area contributed by atoms with Gasteiger partial charge >= 0.3 is 0 Å². The molecule has 0 bridgehead atoms. The summed E-state index contributed by atoms with van der Waals surface area (Å²) in [5.41, 5.74) is 6.21. The first-order chi connectivity index (χ1) is 9.83. The Hall–Kier alpha value is -1.49. The van der Waals surface area contributed by atoms with Gasteiger partial charge in [-0.3, -0.25) is 0 Å². The predicted octanol–water partition coefficient (Wildman–Crippen LogP) is 2.59. The Morgan fingerprint density at radius 2 is 2.19 bits per heavy atom. The van der Waals surface area contributed by atoms with Gasteiger partial charge < -0.3 is 20.7 Å². The highest BCUT2D eigenvalue weighted by Gasteiger charge is 2.18. The number of nitrogens with one attached hydrogen (secondary N) is 1. The largest absolute Gasteiger partial charge is 0.470 e. The lowest BCUT2D eigenvalue weighted by atomic mass is 9.98. The molecule has 0 amide bonds. The lowest BCUT2D eigenvalue weighted by Gasteiger charge is -2.30. The van der Waals surface area contributed by atoms with Crippen molar-refractivity contribution >= 4 is 11.5 Å². The van der Waals surface area contributed by atoms with Gasteiger partial charge in [-0.2, -0.15) is 4.98 Å². The predicted molar refractivity (Wildman–Crippen MR) is 87.7 cm³/mol. The molecule has 1 unspecified atom stereocenters. The molecule has 0 aromatic carbocycles. The summed E-state index contributed by atoms with van der Waals surface area (Å²) in [6.45, 7) is 9.27. The number of aromatic nitrogens is 1. The number of pyridine rings is 1. The Bertz CT molecular complexity index is 470. The molecule has 1 fully saturated rings. The van der Waals surface area contributed by atoms with E-state index in [9.17, 15) is 0 Å². The summed E-state index contributed by atoms with van der Waals surface area (Å²) in [5.74, 6) is 2.01. The third-order valence-electron chi connectivity index (χ3n) is 3.59. The van der Waals surface area contributed by atoms with Crippen molar-refractivity contribution in [1.82, 2.24) is 9.88 Å². The van der Waals surface area contributed by atoms with E-state index in [1.165, 1.54) is 19.4 Å². The van der Waals surface area contributed by atoms with Gasteiger partial charge in [0.1, 0.15) is 11.4 Å². The molecule has 21 heavy (non-hydrogen) atoms. The molecule has 118 valence electrons. The van der Waals surface area contributed by atoms with Crippen LogP contribution in [-0.2, 0) is 0 Å². The molecule has 1 aromatic rings. The van der Waals surface area contributed by atoms with Gasteiger partial charge in [0.2, 0.25) is 5.88 Å². The molecular formula is C16H28N4O. The first-order valence-electron chi connectivity index (χ1n) is 7.71. The van der Waals surface area contributed by atoms with Crippen molar-refractivity contribution in [3.8, 4) is 5.88 Å². The van der Waals surface area contributed by atoms with Crippen molar-refractivity contribution in [2.24, 2.45) is 5.92 Å². The lowest BCUT2D eigenvalue weighted by Crippen LogP contribution is -2.35. The molecule has 0 aliphatic carbocycles. The molecule has 1 aliphatic heterocycles. The molecule has 3 N–H and O–H groups in total. The van der Waals surface area contributed by atoms with E-state index >= 15 is 0 Å². The van der Waals surface area contributed by atoms with Crippen LogP contribution in [0, 0.1) is 5.92 Å². The number of likely N-dealkylation sites (tertiary alicyclic amines) is 1. The van der Waals surface area contributed by atoms with E-state index in [2.05, 4.69) is 22.2 Å². The Labute approximate surface area is 127 Å². The summed E-state index contributed by atoms with van der Waals surface area (Å²) in [5, 5.41) is 3.41. The highest BCUT2D eigenvalue weighted by atomic mass is 16.5. The molecule has 0 saturated carbocycles. The molecule has 1 aliphatic rings. The highest BCUT2D eigenvalue weighted by Crippen LogP contribution is 2.25. The number of anilines is 2. The number of rotatable bonds is 4. The Morgan fingerprint density at radius 1 is 1.43 bits per heavy atom. The van der Waals surface area contributed by atoms with E-state index in [1.807, 2.05) is 32.9 Å². The number of nitrogens with zero attached hydrogens (tertiary/aromatic N) is 2. The molecule has 2 heterocycles. The summed E-state index contributed by atoms with van der Waals surface area (Å²) >= 11 is 0. The van der Waals surface area contributed by atoms with Crippen molar-refractivity contribution in [3.05, 3.63) is 12.1 Å². The fraction of sp³-hybridized carbons (Fsp3) is 0.688. The number of piperidine rings is 1. The second-order valence-electron chi connectivity index (χ2n) is 6.96. The smallest absolute Gasteiger partial charge is 0.239 e. The SMILES string of the molecule is CN1CCCC(CNc2ccc(N)c(OC(C)(C)C)n2)C1. The normalized spacial score (nSPS) is 20.3. The number of ether oxygens (including phenoxy) is 1. The molecule has 2 rings (SSSR count). The van der Waals surface area contributed by atoms with E-state index in [-0.39, 0.29) is 5.60 Å². The van der Waals surface area contributed by atoms with Crippen LogP contribution in [0.2, 0.25) is 0 Å². The van der Waals surface area contributed by atoms with Crippen molar-refractivity contribution in [1.29, 1.82) is 0 Å². The van der Waals surface area contributed by atoms with Crippen LogP contribution in [0.4, 0.5) is 11.5 Å². The van der Waals surface area contributed by atoms with E-state index in [4.69, 9.17) is 10.5 Å². The van der Waals surface area contributed by atoms with Gasteiger partial charge in [0, 0.05) is 13.1 Å². The maximum absolute atomic E-state index is 5.93. The minimum absolute atomic E-state index is 0.300. The topological polar surface area (TPSA) is 63.4 Å². The molecule has 0 spiro atoms. The summed E-state index contributed by atoms with van der Waals surface area (Å²) < 4.78 is 5.80. The molecular weight excluding hydrogens is 264 g/mol. The Morgan fingerprint density at radius 3 is 2.86 bits per heavy atom. The Balaban J connectivity index is 1.95. The van der Waals surface area contributed by atoms with Crippen LogP contribution in [-0.4, -0.2) is 42.2 Å². The van der Waals surface area contributed by atoms with Crippen molar-refractivity contribution in [2.45, 2.75) is 39.2 Å². The number of nitrogens with two attached hydrogens (primary N) is 1. The van der Waals surface area contributed by atoms with Gasteiger partial charge in [-0.05, 0) is 65.3 Å². The van der Waals surface area contributed by atoms with Crippen LogP contribution in [0.25, 0.3) is 0 Å². The van der Waals surface area contributed by atoms with Crippen LogP contribution in [0.1, 0.15) is 33.6 Å². The van der Waals surface area contributed by atoms with Crippen molar-refractivity contribution in [3.63, 3.8) is 0 Å². The zero-order chi connectivity index (χ0) is 15.5. The minimum Gasteiger partial charge on any atom is -0.470 e. The van der Waals surface area contributed by atoms with Crippen LogP contribution in [0.15, 0.2) is 12.1 Å². The molecule has 0 radical (unpaired) electrons. The first-order valence-corrected chi connectivity index (χ1v) is 7.71. The summed E-state index contributed by atoms with van der Waals surface area (Å²) in [7, 11) is 2.18.